The molecule has 0 amide bonds. The van der Waals surface area contributed by atoms with Crippen LogP contribution in [0.5, 0.6) is 0 Å². The van der Waals surface area contributed by atoms with Crippen LogP contribution in [0.15, 0.2) is 59.5 Å². The predicted molar refractivity (Wildman–Crippen MR) is 110 cm³/mol. The van der Waals surface area contributed by atoms with E-state index < -0.39 is 10.0 Å². The molecular weight excluding hydrogens is 356 g/mol. The van der Waals surface area contributed by atoms with Crippen LogP contribution in [0, 0.1) is 0 Å². The second kappa shape index (κ2) is 8.13. The molecule has 1 N–H and O–H groups in total. The summed E-state index contributed by atoms with van der Waals surface area (Å²) >= 11 is 0. The highest BCUT2D eigenvalue weighted by molar-refractivity contribution is 7.89. The van der Waals surface area contributed by atoms with Gasteiger partial charge in [-0.3, -0.25) is 4.90 Å². The van der Waals surface area contributed by atoms with Gasteiger partial charge in [0.05, 0.1) is 4.90 Å². The third-order valence-corrected chi connectivity index (χ3v) is 6.73. The number of rotatable bonds is 5. The molecular formula is C22H30N2O2S. The lowest BCUT2D eigenvalue weighted by Crippen LogP contribution is -2.44. The molecule has 1 aliphatic rings. The molecule has 146 valence electrons. The van der Waals surface area contributed by atoms with Crippen LogP contribution in [-0.4, -0.2) is 32.4 Å². The number of hydrogen-bond donors (Lipinski definition) is 1. The van der Waals surface area contributed by atoms with Crippen LogP contribution in [0.25, 0.3) is 0 Å². The minimum Gasteiger partial charge on any atom is -0.299 e. The van der Waals surface area contributed by atoms with E-state index in [1.807, 2.05) is 18.2 Å². The van der Waals surface area contributed by atoms with E-state index in [9.17, 15) is 8.42 Å². The SMILES string of the molecule is CC(C)(C)c1ccc(S(=O)(=O)NC2CCN(Cc3ccccc3)CC2)cc1. The molecule has 0 aliphatic carbocycles. The third-order valence-electron chi connectivity index (χ3n) is 5.19. The van der Waals surface area contributed by atoms with Gasteiger partial charge in [0, 0.05) is 25.7 Å². The number of benzene rings is 2. The van der Waals surface area contributed by atoms with Crippen molar-refractivity contribution in [1.82, 2.24) is 9.62 Å². The lowest BCUT2D eigenvalue weighted by molar-refractivity contribution is 0.200. The van der Waals surface area contributed by atoms with Gasteiger partial charge in [0.2, 0.25) is 10.0 Å². The molecule has 1 aliphatic heterocycles. The first-order chi connectivity index (χ1) is 12.7. The lowest BCUT2D eigenvalue weighted by Gasteiger charge is -2.32. The summed E-state index contributed by atoms with van der Waals surface area (Å²) < 4.78 is 28.3. The Morgan fingerprint density at radius 1 is 0.963 bits per heavy atom. The molecule has 2 aromatic rings. The molecule has 1 saturated heterocycles. The summed E-state index contributed by atoms with van der Waals surface area (Å²) in [6, 6.07) is 17.7. The summed E-state index contributed by atoms with van der Waals surface area (Å²) in [5, 5.41) is 0. The lowest BCUT2D eigenvalue weighted by atomic mass is 9.87. The Morgan fingerprint density at radius 2 is 1.56 bits per heavy atom. The first-order valence-corrected chi connectivity index (χ1v) is 11.1. The Hall–Kier alpha value is -1.69. The highest BCUT2D eigenvalue weighted by Crippen LogP contribution is 2.24. The molecule has 0 aromatic heterocycles. The summed E-state index contributed by atoms with van der Waals surface area (Å²) in [4.78, 5) is 2.74. The van der Waals surface area contributed by atoms with Gasteiger partial charge in [-0.1, -0.05) is 63.2 Å². The van der Waals surface area contributed by atoms with Gasteiger partial charge < -0.3 is 0 Å². The van der Waals surface area contributed by atoms with Crippen molar-refractivity contribution < 1.29 is 8.42 Å². The maximum atomic E-state index is 12.7. The van der Waals surface area contributed by atoms with Crippen molar-refractivity contribution in [3.63, 3.8) is 0 Å². The van der Waals surface area contributed by atoms with Crippen molar-refractivity contribution >= 4 is 10.0 Å². The van der Waals surface area contributed by atoms with Crippen molar-refractivity contribution in [3.8, 4) is 0 Å². The van der Waals surface area contributed by atoms with Crippen molar-refractivity contribution in [2.45, 2.75) is 56.5 Å². The van der Waals surface area contributed by atoms with Gasteiger partial charge in [0.1, 0.15) is 0 Å². The molecule has 1 heterocycles. The fourth-order valence-electron chi connectivity index (χ4n) is 3.47. The van der Waals surface area contributed by atoms with Crippen molar-refractivity contribution in [2.24, 2.45) is 0 Å². The van der Waals surface area contributed by atoms with E-state index in [0.717, 1.165) is 38.0 Å². The average Bonchev–Trinajstić information content (AvgIpc) is 2.63. The summed E-state index contributed by atoms with van der Waals surface area (Å²) in [6.07, 6.45) is 1.68. The van der Waals surface area contributed by atoms with Crippen LogP contribution in [0.2, 0.25) is 0 Å². The zero-order valence-electron chi connectivity index (χ0n) is 16.5. The van der Waals surface area contributed by atoms with Crippen molar-refractivity contribution in [3.05, 3.63) is 65.7 Å². The van der Waals surface area contributed by atoms with Gasteiger partial charge in [-0.2, -0.15) is 0 Å². The summed E-state index contributed by atoms with van der Waals surface area (Å²) in [7, 11) is -3.47. The van der Waals surface area contributed by atoms with E-state index in [1.54, 1.807) is 12.1 Å². The van der Waals surface area contributed by atoms with Gasteiger partial charge in [0.25, 0.3) is 0 Å². The maximum Gasteiger partial charge on any atom is 0.240 e. The molecule has 0 bridgehead atoms. The van der Waals surface area contributed by atoms with E-state index in [-0.39, 0.29) is 11.5 Å². The molecule has 4 nitrogen and oxygen atoms in total. The Kier molecular flexibility index (Phi) is 6.04. The summed E-state index contributed by atoms with van der Waals surface area (Å²) in [6.45, 7) is 9.11. The smallest absolute Gasteiger partial charge is 0.240 e. The fourth-order valence-corrected chi connectivity index (χ4v) is 4.78. The molecule has 5 heteroatoms. The molecule has 0 saturated carbocycles. The van der Waals surface area contributed by atoms with Gasteiger partial charge in [-0.25, -0.2) is 13.1 Å². The second-order valence-electron chi connectivity index (χ2n) is 8.43. The number of likely N-dealkylation sites (tertiary alicyclic amines) is 1. The fraction of sp³-hybridized carbons (Fsp3) is 0.455. The highest BCUT2D eigenvalue weighted by atomic mass is 32.2. The third kappa shape index (κ3) is 5.41. The van der Waals surface area contributed by atoms with Crippen molar-refractivity contribution in [2.75, 3.05) is 13.1 Å². The molecule has 0 spiro atoms. The van der Waals surface area contributed by atoms with Gasteiger partial charge in [-0.15, -0.1) is 0 Å². The Balaban J connectivity index is 1.56. The Labute approximate surface area is 163 Å². The topological polar surface area (TPSA) is 49.4 Å². The molecule has 0 unspecified atom stereocenters. The van der Waals surface area contributed by atoms with Crippen molar-refractivity contribution in [1.29, 1.82) is 0 Å². The van der Waals surface area contributed by atoms with Crippen LogP contribution < -0.4 is 4.72 Å². The van der Waals surface area contributed by atoms with Gasteiger partial charge >= 0.3 is 0 Å². The average molecular weight is 387 g/mol. The Morgan fingerprint density at radius 3 is 2.11 bits per heavy atom. The normalized spacial score (nSPS) is 17.1. The highest BCUT2D eigenvalue weighted by Gasteiger charge is 2.25. The minimum absolute atomic E-state index is 0.00400. The quantitative estimate of drug-likeness (QED) is 0.847. The summed E-state index contributed by atoms with van der Waals surface area (Å²) in [5.74, 6) is 0. The van der Waals surface area contributed by atoms with Crippen LogP contribution in [0.4, 0.5) is 0 Å². The first kappa shape index (κ1) is 20.1. The molecule has 2 aromatic carbocycles. The minimum atomic E-state index is -3.47. The number of nitrogens with one attached hydrogen (secondary N) is 1. The number of hydrogen-bond acceptors (Lipinski definition) is 3. The van der Waals surface area contributed by atoms with E-state index in [4.69, 9.17) is 0 Å². The van der Waals surface area contributed by atoms with Crippen LogP contribution in [-0.2, 0) is 22.0 Å². The zero-order chi connectivity index (χ0) is 19.5. The number of piperidine rings is 1. The van der Waals surface area contributed by atoms with Crippen LogP contribution in [0.1, 0.15) is 44.7 Å². The van der Waals surface area contributed by atoms with Gasteiger partial charge in [0.15, 0.2) is 0 Å². The van der Waals surface area contributed by atoms with Crippen LogP contribution in [0.3, 0.4) is 0 Å². The standard InChI is InChI=1S/C22H30N2O2S/c1-22(2,3)19-9-11-21(12-10-19)27(25,26)23-20-13-15-24(16-14-20)17-18-7-5-4-6-8-18/h4-12,20,23H,13-17H2,1-3H3. The number of sulfonamides is 1. The Bertz CT molecular complexity index is 832. The molecule has 0 atom stereocenters. The molecule has 0 radical (unpaired) electrons. The number of nitrogens with zero attached hydrogens (tertiary/aromatic N) is 1. The first-order valence-electron chi connectivity index (χ1n) is 9.63. The molecule has 3 rings (SSSR count). The van der Waals surface area contributed by atoms with E-state index in [0.29, 0.717) is 4.90 Å². The van der Waals surface area contributed by atoms with Gasteiger partial charge in [-0.05, 0) is 41.5 Å². The summed E-state index contributed by atoms with van der Waals surface area (Å²) in [5.41, 5.74) is 2.45. The molecule has 27 heavy (non-hydrogen) atoms. The molecule has 1 fully saturated rings. The van der Waals surface area contributed by atoms with E-state index in [2.05, 4.69) is 54.7 Å². The zero-order valence-corrected chi connectivity index (χ0v) is 17.3. The largest absolute Gasteiger partial charge is 0.299 e. The van der Waals surface area contributed by atoms with Crippen LogP contribution >= 0.6 is 0 Å². The monoisotopic (exact) mass is 386 g/mol. The van der Waals surface area contributed by atoms with E-state index in [1.165, 1.54) is 5.56 Å². The maximum absolute atomic E-state index is 12.7. The predicted octanol–water partition coefficient (Wildman–Crippen LogP) is 3.93. The second-order valence-corrected chi connectivity index (χ2v) is 10.1. The van der Waals surface area contributed by atoms with E-state index >= 15 is 0 Å².